The number of methoxy groups -OCH3 is 1. The number of ether oxygens (including phenoxy) is 2. The number of hydrogen-bond donors (Lipinski definition) is 1. The van der Waals surface area contributed by atoms with E-state index in [4.69, 9.17) is 9.47 Å². The van der Waals surface area contributed by atoms with Gasteiger partial charge in [0.25, 0.3) is 0 Å². The second-order valence-electron chi connectivity index (χ2n) is 4.31. The number of nitrogens with zero attached hydrogens (tertiary/aromatic N) is 2. The summed E-state index contributed by atoms with van der Waals surface area (Å²) in [6.45, 7) is 3.43. The van der Waals surface area contributed by atoms with Crippen molar-refractivity contribution in [3.05, 3.63) is 42.2 Å². The molecular formula is C15H19N3O2. The van der Waals surface area contributed by atoms with Crippen LogP contribution in [0.1, 0.15) is 18.9 Å². The molecule has 0 amide bonds. The molecule has 0 aliphatic rings. The molecule has 0 saturated heterocycles. The molecule has 106 valence electrons. The lowest BCUT2D eigenvalue weighted by Crippen LogP contribution is -2.03. The summed E-state index contributed by atoms with van der Waals surface area (Å²) in [5.41, 5.74) is 1.03. The highest BCUT2D eigenvalue weighted by Gasteiger charge is 2.01. The van der Waals surface area contributed by atoms with Crippen molar-refractivity contribution >= 4 is 5.82 Å². The molecule has 1 aromatic heterocycles. The van der Waals surface area contributed by atoms with Crippen LogP contribution < -0.4 is 14.8 Å². The molecule has 0 aliphatic heterocycles. The smallest absolute Gasteiger partial charge is 0.218 e. The van der Waals surface area contributed by atoms with E-state index in [-0.39, 0.29) is 0 Å². The Hall–Kier alpha value is -2.30. The second kappa shape index (κ2) is 7.33. The quantitative estimate of drug-likeness (QED) is 0.840. The Morgan fingerprint density at radius 1 is 1.20 bits per heavy atom. The van der Waals surface area contributed by atoms with Crippen LogP contribution in [0, 0.1) is 0 Å². The van der Waals surface area contributed by atoms with E-state index in [1.54, 1.807) is 13.2 Å². The number of nitrogens with one attached hydrogen (secondary N) is 1. The SMILES string of the molecule is CCCNc1cc(OCc2cccc(OC)c2)ncn1. The zero-order valence-electron chi connectivity index (χ0n) is 11.8. The first-order chi connectivity index (χ1) is 9.81. The van der Waals surface area contributed by atoms with Crippen molar-refractivity contribution in [3.8, 4) is 11.6 Å². The maximum absolute atomic E-state index is 5.67. The average molecular weight is 273 g/mol. The van der Waals surface area contributed by atoms with Gasteiger partial charge in [0, 0.05) is 12.6 Å². The molecule has 0 spiro atoms. The predicted octanol–water partition coefficient (Wildman–Crippen LogP) is 2.89. The van der Waals surface area contributed by atoms with Crippen molar-refractivity contribution in [2.45, 2.75) is 20.0 Å². The fourth-order valence-electron chi connectivity index (χ4n) is 1.69. The molecule has 0 unspecified atom stereocenters. The zero-order valence-corrected chi connectivity index (χ0v) is 11.8. The molecule has 5 heteroatoms. The lowest BCUT2D eigenvalue weighted by atomic mass is 10.2. The number of rotatable bonds is 7. The molecule has 2 rings (SSSR count). The van der Waals surface area contributed by atoms with Gasteiger partial charge in [-0.1, -0.05) is 19.1 Å². The summed E-state index contributed by atoms with van der Waals surface area (Å²) < 4.78 is 10.8. The highest BCUT2D eigenvalue weighted by molar-refractivity contribution is 5.37. The van der Waals surface area contributed by atoms with E-state index in [1.807, 2.05) is 24.3 Å². The topological polar surface area (TPSA) is 56.3 Å². The van der Waals surface area contributed by atoms with Crippen LogP contribution in [0.4, 0.5) is 5.82 Å². The minimum absolute atomic E-state index is 0.446. The van der Waals surface area contributed by atoms with Crippen LogP contribution in [0.2, 0.25) is 0 Å². The van der Waals surface area contributed by atoms with Gasteiger partial charge in [0.05, 0.1) is 7.11 Å². The van der Waals surface area contributed by atoms with Crippen LogP contribution in [0.15, 0.2) is 36.7 Å². The predicted molar refractivity (Wildman–Crippen MR) is 78.1 cm³/mol. The van der Waals surface area contributed by atoms with Crippen LogP contribution in [-0.4, -0.2) is 23.6 Å². The first kappa shape index (κ1) is 14.1. The molecule has 1 N–H and O–H groups in total. The van der Waals surface area contributed by atoms with Crippen molar-refractivity contribution < 1.29 is 9.47 Å². The number of anilines is 1. The molecule has 0 aliphatic carbocycles. The molecule has 1 heterocycles. The standard InChI is InChI=1S/C15H19N3O2/c1-3-7-16-14-9-15(18-11-17-14)20-10-12-5-4-6-13(8-12)19-2/h4-6,8-9,11H,3,7,10H2,1-2H3,(H,16,17,18). The Morgan fingerprint density at radius 2 is 2.10 bits per heavy atom. The van der Waals surface area contributed by atoms with Crippen LogP contribution in [0.3, 0.4) is 0 Å². The molecule has 20 heavy (non-hydrogen) atoms. The first-order valence-corrected chi connectivity index (χ1v) is 6.63. The van der Waals surface area contributed by atoms with E-state index in [9.17, 15) is 0 Å². The Labute approximate surface area is 119 Å². The Balaban J connectivity index is 1.95. The van der Waals surface area contributed by atoms with Gasteiger partial charge in [-0.05, 0) is 24.1 Å². The van der Waals surface area contributed by atoms with E-state index in [1.165, 1.54) is 6.33 Å². The normalized spacial score (nSPS) is 10.1. The fourth-order valence-corrected chi connectivity index (χ4v) is 1.69. The van der Waals surface area contributed by atoms with Gasteiger partial charge < -0.3 is 14.8 Å². The molecule has 0 saturated carbocycles. The van der Waals surface area contributed by atoms with Crippen molar-refractivity contribution in [2.75, 3.05) is 19.0 Å². The summed E-state index contributed by atoms with van der Waals surface area (Å²) in [6.07, 6.45) is 2.54. The van der Waals surface area contributed by atoms with E-state index < -0.39 is 0 Å². The second-order valence-corrected chi connectivity index (χ2v) is 4.31. The maximum Gasteiger partial charge on any atom is 0.218 e. The van der Waals surface area contributed by atoms with Crippen LogP contribution in [-0.2, 0) is 6.61 Å². The van der Waals surface area contributed by atoms with Gasteiger partial charge in [-0.15, -0.1) is 0 Å². The summed E-state index contributed by atoms with van der Waals surface area (Å²) >= 11 is 0. The van der Waals surface area contributed by atoms with Gasteiger partial charge in [-0.25, -0.2) is 9.97 Å². The average Bonchev–Trinajstić information content (AvgIpc) is 2.51. The lowest BCUT2D eigenvalue weighted by Gasteiger charge is -2.08. The molecule has 0 fully saturated rings. The summed E-state index contributed by atoms with van der Waals surface area (Å²) in [7, 11) is 1.65. The van der Waals surface area contributed by atoms with Crippen LogP contribution in [0.5, 0.6) is 11.6 Å². The Kier molecular flexibility index (Phi) is 5.17. The number of aromatic nitrogens is 2. The van der Waals surface area contributed by atoms with Gasteiger partial charge >= 0.3 is 0 Å². The number of benzene rings is 1. The third-order valence-electron chi connectivity index (χ3n) is 2.72. The Bertz CT molecular complexity index is 546. The van der Waals surface area contributed by atoms with Crippen LogP contribution >= 0.6 is 0 Å². The molecule has 0 radical (unpaired) electrons. The van der Waals surface area contributed by atoms with E-state index >= 15 is 0 Å². The van der Waals surface area contributed by atoms with E-state index in [0.29, 0.717) is 12.5 Å². The summed E-state index contributed by atoms with van der Waals surface area (Å²) in [4.78, 5) is 8.24. The highest BCUT2D eigenvalue weighted by Crippen LogP contribution is 2.16. The minimum Gasteiger partial charge on any atom is -0.497 e. The summed E-state index contributed by atoms with van der Waals surface area (Å²) in [5.74, 6) is 2.16. The Morgan fingerprint density at radius 3 is 2.90 bits per heavy atom. The van der Waals surface area contributed by atoms with Crippen molar-refractivity contribution in [1.82, 2.24) is 9.97 Å². The lowest BCUT2D eigenvalue weighted by molar-refractivity contribution is 0.292. The molecule has 1 aromatic carbocycles. The van der Waals surface area contributed by atoms with E-state index in [2.05, 4.69) is 22.2 Å². The molecular weight excluding hydrogens is 254 g/mol. The fraction of sp³-hybridized carbons (Fsp3) is 0.333. The van der Waals surface area contributed by atoms with E-state index in [0.717, 1.165) is 30.1 Å². The summed E-state index contributed by atoms with van der Waals surface area (Å²) in [5, 5.41) is 3.20. The van der Waals surface area contributed by atoms with Gasteiger partial charge in [-0.3, -0.25) is 0 Å². The van der Waals surface area contributed by atoms with Gasteiger partial charge in [0.15, 0.2) is 0 Å². The third-order valence-corrected chi connectivity index (χ3v) is 2.72. The third kappa shape index (κ3) is 4.12. The molecule has 5 nitrogen and oxygen atoms in total. The highest BCUT2D eigenvalue weighted by atomic mass is 16.5. The zero-order chi connectivity index (χ0) is 14.2. The molecule has 2 aromatic rings. The van der Waals surface area contributed by atoms with Crippen molar-refractivity contribution in [2.24, 2.45) is 0 Å². The van der Waals surface area contributed by atoms with Crippen molar-refractivity contribution in [1.29, 1.82) is 0 Å². The molecule has 0 atom stereocenters. The minimum atomic E-state index is 0.446. The van der Waals surface area contributed by atoms with Gasteiger partial charge in [0.2, 0.25) is 5.88 Å². The van der Waals surface area contributed by atoms with Gasteiger partial charge in [0.1, 0.15) is 24.5 Å². The summed E-state index contributed by atoms with van der Waals surface area (Å²) in [6, 6.07) is 9.57. The first-order valence-electron chi connectivity index (χ1n) is 6.63. The van der Waals surface area contributed by atoms with Crippen LogP contribution in [0.25, 0.3) is 0 Å². The maximum atomic E-state index is 5.67. The monoisotopic (exact) mass is 273 g/mol. The molecule has 0 bridgehead atoms. The van der Waals surface area contributed by atoms with Crippen molar-refractivity contribution in [3.63, 3.8) is 0 Å². The largest absolute Gasteiger partial charge is 0.497 e. The number of hydrogen-bond acceptors (Lipinski definition) is 5. The van der Waals surface area contributed by atoms with Gasteiger partial charge in [-0.2, -0.15) is 0 Å².